The number of benzene rings is 1. The highest BCUT2D eigenvalue weighted by Gasteiger charge is 2.20. The average Bonchev–Trinajstić information content (AvgIpc) is 2.66. The van der Waals surface area contributed by atoms with Gasteiger partial charge in [-0.15, -0.1) is 11.3 Å². The van der Waals surface area contributed by atoms with Crippen molar-refractivity contribution in [1.29, 1.82) is 0 Å². The summed E-state index contributed by atoms with van der Waals surface area (Å²) in [6.07, 6.45) is 0. The van der Waals surface area contributed by atoms with Crippen LogP contribution in [0.25, 0.3) is 0 Å². The Morgan fingerprint density at radius 2 is 2.11 bits per heavy atom. The SMILES string of the molecule is CCNC(c1ccc(Cl)cc1F)c1cc(Br)sc1C. The zero-order valence-corrected chi connectivity index (χ0v) is 13.8. The normalized spacial score (nSPS) is 12.7. The van der Waals surface area contributed by atoms with E-state index in [2.05, 4.69) is 21.2 Å². The van der Waals surface area contributed by atoms with E-state index in [9.17, 15) is 4.39 Å². The molecule has 2 aromatic rings. The van der Waals surface area contributed by atoms with Crippen molar-refractivity contribution in [3.8, 4) is 0 Å². The van der Waals surface area contributed by atoms with Gasteiger partial charge in [-0.3, -0.25) is 0 Å². The highest BCUT2D eigenvalue weighted by Crippen LogP contribution is 2.35. The van der Waals surface area contributed by atoms with Gasteiger partial charge in [-0.1, -0.05) is 24.6 Å². The Bertz CT molecular complexity index is 585. The van der Waals surface area contributed by atoms with Crippen molar-refractivity contribution in [1.82, 2.24) is 5.32 Å². The van der Waals surface area contributed by atoms with Gasteiger partial charge in [0.05, 0.1) is 9.83 Å². The Balaban J connectivity index is 2.48. The Hall–Kier alpha value is -0.420. The summed E-state index contributed by atoms with van der Waals surface area (Å²) in [5.41, 5.74) is 1.72. The Morgan fingerprint density at radius 3 is 2.63 bits per heavy atom. The molecule has 0 bridgehead atoms. The molecule has 0 amide bonds. The molecular formula is C14H14BrClFNS. The summed E-state index contributed by atoms with van der Waals surface area (Å²) in [5, 5.41) is 3.75. The fourth-order valence-electron chi connectivity index (χ4n) is 2.07. The molecule has 0 aliphatic carbocycles. The summed E-state index contributed by atoms with van der Waals surface area (Å²) in [6.45, 7) is 4.82. The molecule has 1 aromatic carbocycles. The number of rotatable bonds is 4. The first-order valence-corrected chi connectivity index (χ1v) is 7.95. The molecule has 0 aliphatic rings. The highest BCUT2D eigenvalue weighted by molar-refractivity contribution is 9.11. The Morgan fingerprint density at radius 1 is 1.37 bits per heavy atom. The lowest BCUT2D eigenvalue weighted by Gasteiger charge is -2.19. The number of aryl methyl sites for hydroxylation is 1. The lowest BCUT2D eigenvalue weighted by atomic mass is 9.99. The molecule has 102 valence electrons. The van der Waals surface area contributed by atoms with Gasteiger partial charge in [-0.05, 0) is 53.2 Å². The minimum absolute atomic E-state index is 0.148. The predicted octanol–water partition coefficient (Wildman–Crippen LogP) is 5.31. The third-order valence-electron chi connectivity index (χ3n) is 2.92. The molecule has 2 rings (SSSR count). The van der Waals surface area contributed by atoms with E-state index < -0.39 is 0 Å². The molecule has 0 spiro atoms. The van der Waals surface area contributed by atoms with Gasteiger partial charge in [0.1, 0.15) is 5.82 Å². The number of thiophene rings is 1. The van der Waals surface area contributed by atoms with Gasteiger partial charge in [0.15, 0.2) is 0 Å². The summed E-state index contributed by atoms with van der Waals surface area (Å²) < 4.78 is 15.2. The molecule has 5 heteroatoms. The minimum atomic E-state index is -0.278. The molecule has 0 radical (unpaired) electrons. The van der Waals surface area contributed by atoms with Crippen molar-refractivity contribution in [2.45, 2.75) is 19.9 Å². The third-order valence-corrected chi connectivity index (χ3v) is 4.72. The molecule has 1 heterocycles. The van der Waals surface area contributed by atoms with Gasteiger partial charge in [-0.25, -0.2) is 4.39 Å². The van der Waals surface area contributed by atoms with Crippen LogP contribution in [0.4, 0.5) is 4.39 Å². The van der Waals surface area contributed by atoms with Crippen LogP contribution in [0.5, 0.6) is 0 Å². The maximum Gasteiger partial charge on any atom is 0.129 e. The summed E-state index contributed by atoms with van der Waals surface area (Å²) in [5.74, 6) is -0.278. The molecule has 1 atom stereocenters. The zero-order valence-electron chi connectivity index (χ0n) is 10.6. The fraction of sp³-hybridized carbons (Fsp3) is 0.286. The van der Waals surface area contributed by atoms with E-state index in [1.54, 1.807) is 23.5 Å². The molecule has 0 saturated heterocycles. The van der Waals surface area contributed by atoms with Crippen LogP contribution in [0.15, 0.2) is 28.1 Å². The van der Waals surface area contributed by atoms with Crippen LogP contribution in [-0.2, 0) is 0 Å². The van der Waals surface area contributed by atoms with Crippen LogP contribution in [0.1, 0.15) is 29.0 Å². The maximum absolute atomic E-state index is 14.1. The Kier molecular flexibility index (Phi) is 5.01. The molecule has 0 saturated carbocycles. The molecule has 1 unspecified atom stereocenters. The number of halogens is 3. The van der Waals surface area contributed by atoms with Gasteiger partial charge >= 0.3 is 0 Å². The second-order valence-corrected chi connectivity index (χ2v) is 7.29. The summed E-state index contributed by atoms with van der Waals surface area (Å²) in [6, 6.07) is 6.72. The second-order valence-electron chi connectivity index (χ2n) is 4.22. The number of hydrogen-bond donors (Lipinski definition) is 1. The number of hydrogen-bond acceptors (Lipinski definition) is 2. The van der Waals surface area contributed by atoms with E-state index in [0.29, 0.717) is 10.6 Å². The third kappa shape index (κ3) is 3.37. The van der Waals surface area contributed by atoms with Crippen LogP contribution in [0.2, 0.25) is 5.02 Å². The van der Waals surface area contributed by atoms with E-state index in [1.165, 1.54) is 10.9 Å². The van der Waals surface area contributed by atoms with Crippen molar-refractivity contribution in [3.05, 3.63) is 54.9 Å². The van der Waals surface area contributed by atoms with Crippen LogP contribution < -0.4 is 5.32 Å². The second kappa shape index (κ2) is 6.35. The van der Waals surface area contributed by atoms with Gasteiger partial charge < -0.3 is 5.32 Å². The lowest BCUT2D eigenvalue weighted by Crippen LogP contribution is -2.23. The summed E-state index contributed by atoms with van der Waals surface area (Å²) >= 11 is 11.0. The molecule has 1 nitrogen and oxygen atoms in total. The van der Waals surface area contributed by atoms with E-state index in [4.69, 9.17) is 11.6 Å². The van der Waals surface area contributed by atoms with E-state index in [-0.39, 0.29) is 11.9 Å². The van der Waals surface area contributed by atoms with E-state index >= 15 is 0 Å². The number of nitrogens with one attached hydrogen (secondary N) is 1. The topological polar surface area (TPSA) is 12.0 Å². The van der Waals surface area contributed by atoms with Crippen molar-refractivity contribution in [2.75, 3.05) is 6.54 Å². The van der Waals surface area contributed by atoms with Gasteiger partial charge in [0.25, 0.3) is 0 Å². The predicted molar refractivity (Wildman–Crippen MR) is 83.7 cm³/mol. The van der Waals surface area contributed by atoms with Crippen molar-refractivity contribution in [2.24, 2.45) is 0 Å². The quantitative estimate of drug-likeness (QED) is 0.777. The van der Waals surface area contributed by atoms with Crippen molar-refractivity contribution in [3.63, 3.8) is 0 Å². The standard InChI is InChI=1S/C14H14BrClFNS/c1-3-18-14(11-7-13(15)19-8(11)2)10-5-4-9(16)6-12(10)17/h4-7,14,18H,3H2,1-2H3. The molecule has 1 N–H and O–H groups in total. The van der Waals surface area contributed by atoms with E-state index in [0.717, 1.165) is 15.9 Å². The van der Waals surface area contributed by atoms with Gasteiger partial charge in [-0.2, -0.15) is 0 Å². The highest BCUT2D eigenvalue weighted by atomic mass is 79.9. The van der Waals surface area contributed by atoms with Crippen LogP contribution in [0, 0.1) is 12.7 Å². The minimum Gasteiger partial charge on any atom is -0.306 e. The van der Waals surface area contributed by atoms with Crippen molar-refractivity contribution >= 4 is 38.9 Å². The van der Waals surface area contributed by atoms with Crippen LogP contribution >= 0.6 is 38.9 Å². The Labute approximate surface area is 129 Å². The lowest BCUT2D eigenvalue weighted by molar-refractivity contribution is 0.559. The average molecular weight is 363 g/mol. The van der Waals surface area contributed by atoms with E-state index in [1.807, 2.05) is 19.9 Å². The maximum atomic E-state index is 14.1. The first-order valence-electron chi connectivity index (χ1n) is 5.97. The zero-order chi connectivity index (χ0) is 14.0. The first-order chi connectivity index (χ1) is 9.02. The fourth-order valence-corrected chi connectivity index (χ4v) is 3.98. The van der Waals surface area contributed by atoms with Crippen LogP contribution in [-0.4, -0.2) is 6.54 Å². The van der Waals surface area contributed by atoms with Gasteiger partial charge in [0.2, 0.25) is 0 Å². The first kappa shape index (κ1) is 15.0. The summed E-state index contributed by atoms with van der Waals surface area (Å²) in [4.78, 5) is 1.17. The molecule has 0 fully saturated rings. The molecule has 0 aliphatic heterocycles. The van der Waals surface area contributed by atoms with Crippen LogP contribution in [0.3, 0.4) is 0 Å². The largest absolute Gasteiger partial charge is 0.306 e. The smallest absolute Gasteiger partial charge is 0.129 e. The molecule has 1 aromatic heterocycles. The molecular weight excluding hydrogens is 349 g/mol. The monoisotopic (exact) mass is 361 g/mol. The van der Waals surface area contributed by atoms with Crippen molar-refractivity contribution < 1.29 is 4.39 Å². The van der Waals surface area contributed by atoms with Gasteiger partial charge in [0, 0.05) is 15.5 Å². The molecule has 19 heavy (non-hydrogen) atoms. The summed E-state index contributed by atoms with van der Waals surface area (Å²) in [7, 11) is 0.